The number of fused-ring (bicyclic) bond motifs is 2. The number of ether oxygens (including phenoxy) is 2. The first-order chi connectivity index (χ1) is 16.2. The van der Waals surface area contributed by atoms with Crippen LogP contribution in [0.4, 0.5) is 13.2 Å². The molecular formula is C24H20ClF3N2O4. The molecule has 5 rings (SSSR count). The molecule has 10 heteroatoms. The fraction of sp³-hybridized carbons (Fsp3) is 0.250. The molecule has 6 nitrogen and oxygen atoms in total. The minimum absolute atomic E-state index is 0.274. The van der Waals surface area contributed by atoms with E-state index in [0.29, 0.717) is 6.79 Å². The fourth-order valence-electron chi connectivity index (χ4n) is 3.86. The number of carboxylic acids is 1. The summed E-state index contributed by atoms with van der Waals surface area (Å²) >= 11 is 6.28. The van der Waals surface area contributed by atoms with Gasteiger partial charge >= 0.3 is 12.1 Å². The fourth-order valence-corrected chi connectivity index (χ4v) is 4.07. The monoisotopic (exact) mass is 492 g/mol. The number of carboxylic acid groups (broad SMARTS) is 1. The van der Waals surface area contributed by atoms with Gasteiger partial charge in [-0.2, -0.15) is 13.2 Å². The average Bonchev–Trinajstić information content (AvgIpc) is 3.26. The summed E-state index contributed by atoms with van der Waals surface area (Å²) in [6.07, 6.45) is 0.367. The van der Waals surface area contributed by atoms with Crippen LogP contribution in [-0.2, 0) is 17.6 Å². The van der Waals surface area contributed by atoms with E-state index in [1.54, 1.807) is 12.4 Å². The third kappa shape index (κ3) is 5.43. The van der Waals surface area contributed by atoms with Gasteiger partial charge in [-0.1, -0.05) is 35.9 Å². The third-order valence-electron chi connectivity index (χ3n) is 5.51. The van der Waals surface area contributed by atoms with E-state index in [1.807, 2.05) is 6.07 Å². The van der Waals surface area contributed by atoms with E-state index < -0.39 is 12.1 Å². The third-order valence-corrected chi connectivity index (χ3v) is 5.84. The lowest BCUT2D eigenvalue weighted by Crippen LogP contribution is -2.31. The zero-order chi connectivity index (χ0) is 24.3. The average molecular weight is 493 g/mol. The van der Waals surface area contributed by atoms with Gasteiger partial charge in [-0.05, 0) is 59.8 Å². The molecule has 2 aliphatic rings. The number of halogens is 4. The summed E-state index contributed by atoms with van der Waals surface area (Å²) in [5, 5.41) is 11.5. The van der Waals surface area contributed by atoms with Crippen LogP contribution in [0.5, 0.6) is 11.5 Å². The van der Waals surface area contributed by atoms with Crippen molar-refractivity contribution in [3.05, 3.63) is 76.6 Å². The number of hydrogen-bond donors (Lipinski definition) is 2. The molecule has 0 aliphatic carbocycles. The van der Waals surface area contributed by atoms with E-state index in [0.717, 1.165) is 47.0 Å². The summed E-state index contributed by atoms with van der Waals surface area (Å²) in [6.45, 7) is 1.29. The molecule has 1 unspecified atom stereocenters. The standard InChI is InChI=1S/C22H19ClN2O2.C2HF3O2/c23-19-6-7-24-12-18(19)15-3-1-14(2-4-15)9-20-17-11-22-21(26-13-27-22)10-16(17)5-8-25-20;3-2(4,5)1(6)7/h1-4,6-7,10-12,20,25H,5,8-9,13H2;(H,6,7). The zero-order valence-electron chi connectivity index (χ0n) is 17.7. The van der Waals surface area contributed by atoms with Gasteiger partial charge in [0.1, 0.15) is 0 Å². The minimum atomic E-state index is -5.08. The number of carbonyl (C=O) groups is 1. The summed E-state index contributed by atoms with van der Waals surface area (Å²) in [7, 11) is 0. The quantitative estimate of drug-likeness (QED) is 0.523. The van der Waals surface area contributed by atoms with Crippen molar-refractivity contribution in [1.29, 1.82) is 0 Å². The molecule has 2 N–H and O–H groups in total. The van der Waals surface area contributed by atoms with Crippen LogP contribution < -0.4 is 14.8 Å². The van der Waals surface area contributed by atoms with Crippen molar-refractivity contribution < 1.29 is 32.5 Å². The second-order valence-corrected chi connectivity index (χ2v) is 8.13. The number of rotatable bonds is 3. The molecule has 0 spiro atoms. The van der Waals surface area contributed by atoms with Crippen LogP contribution in [0.1, 0.15) is 22.7 Å². The smallest absolute Gasteiger partial charge is 0.475 e. The molecule has 0 saturated carbocycles. The minimum Gasteiger partial charge on any atom is -0.475 e. The predicted molar refractivity (Wildman–Crippen MR) is 119 cm³/mol. The first kappa shape index (κ1) is 23.8. The van der Waals surface area contributed by atoms with Crippen molar-refractivity contribution in [3.8, 4) is 22.6 Å². The Kier molecular flexibility index (Phi) is 6.95. The number of aromatic nitrogens is 1. The van der Waals surface area contributed by atoms with Gasteiger partial charge in [-0.3, -0.25) is 4.98 Å². The number of nitrogens with one attached hydrogen (secondary N) is 1. The van der Waals surface area contributed by atoms with E-state index >= 15 is 0 Å². The van der Waals surface area contributed by atoms with Crippen molar-refractivity contribution in [2.75, 3.05) is 13.3 Å². The Morgan fingerprint density at radius 1 is 1.15 bits per heavy atom. The number of pyridine rings is 1. The molecule has 3 aromatic rings. The number of hydrogen-bond acceptors (Lipinski definition) is 5. The maximum absolute atomic E-state index is 10.6. The van der Waals surface area contributed by atoms with E-state index in [4.69, 9.17) is 31.0 Å². The number of benzene rings is 2. The van der Waals surface area contributed by atoms with Gasteiger partial charge in [0.15, 0.2) is 11.5 Å². The Balaban J connectivity index is 0.000000344. The maximum Gasteiger partial charge on any atom is 0.490 e. The summed E-state index contributed by atoms with van der Waals surface area (Å²) in [5.41, 5.74) is 5.98. The van der Waals surface area contributed by atoms with E-state index in [-0.39, 0.29) is 6.04 Å². The van der Waals surface area contributed by atoms with Crippen LogP contribution in [0, 0.1) is 0 Å². The summed E-state index contributed by atoms with van der Waals surface area (Å²) < 4.78 is 42.8. The van der Waals surface area contributed by atoms with Crippen molar-refractivity contribution in [2.24, 2.45) is 0 Å². The summed E-state index contributed by atoms with van der Waals surface area (Å²) in [6, 6.07) is 14.9. The van der Waals surface area contributed by atoms with Gasteiger partial charge in [-0.15, -0.1) is 0 Å². The molecule has 0 radical (unpaired) electrons. The maximum atomic E-state index is 10.6. The molecule has 0 amide bonds. The lowest BCUT2D eigenvalue weighted by molar-refractivity contribution is -0.192. The molecule has 0 bridgehead atoms. The highest BCUT2D eigenvalue weighted by atomic mass is 35.5. The highest BCUT2D eigenvalue weighted by Gasteiger charge is 2.38. The number of aliphatic carboxylic acids is 1. The predicted octanol–water partition coefficient (Wildman–Crippen LogP) is 5.19. The number of alkyl halides is 3. The van der Waals surface area contributed by atoms with Gasteiger partial charge in [0, 0.05) is 24.0 Å². The molecule has 3 heterocycles. The van der Waals surface area contributed by atoms with Crippen LogP contribution in [0.2, 0.25) is 5.02 Å². The molecule has 178 valence electrons. The van der Waals surface area contributed by atoms with Gasteiger partial charge < -0.3 is 19.9 Å². The van der Waals surface area contributed by atoms with Gasteiger partial charge in [-0.25, -0.2) is 4.79 Å². The molecule has 2 aliphatic heterocycles. The molecule has 0 fully saturated rings. The molecule has 1 aromatic heterocycles. The van der Waals surface area contributed by atoms with Crippen molar-refractivity contribution in [2.45, 2.75) is 25.1 Å². The Bertz CT molecular complexity index is 1190. The lowest BCUT2D eigenvalue weighted by Gasteiger charge is -2.27. The van der Waals surface area contributed by atoms with Crippen LogP contribution in [0.25, 0.3) is 11.1 Å². The van der Waals surface area contributed by atoms with Crippen molar-refractivity contribution >= 4 is 17.6 Å². The first-order valence-corrected chi connectivity index (χ1v) is 10.7. The second kappa shape index (κ2) is 9.90. The Labute approximate surface area is 198 Å². The van der Waals surface area contributed by atoms with E-state index in [9.17, 15) is 13.2 Å². The second-order valence-electron chi connectivity index (χ2n) is 7.72. The van der Waals surface area contributed by atoms with Gasteiger partial charge in [0.25, 0.3) is 0 Å². The van der Waals surface area contributed by atoms with Crippen LogP contribution in [-0.4, -0.2) is 35.6 Å². The van der Waals surface area contributed by atoms with E-state index in [1.165, 1.54) is 16.7 Å². The largest absolute Gasteiger partial charge is 0.490 e. The van der Waals surface area contributed by atoms with Gasteiger partial charge in [0.2, 0.25) is 6.79 Å². The highest BCUT2D eigenvalue weighted by Crippen LogP contribution is 2.39. The van der Waals surface area contributed by atoms with Gasteiger partial charge in [0.05, 0.1) is 5.02 Å². The van der Waals surface area contributed by atoms with Crippen LogP contribution in [0.3, 0.4) is 0 Å². The SMILES string of the molecule is Clc1ccncc1-c1ccc(CC2NCCc3cc4c(cc32)OCO4)cc1.O=C(O)C(F)(F)F. The Morgan fingerprint density at radius 2 is 1.82 bits per heavy atom. The van der Waals surface area contributed by atoms with Crippen LogP contribution >= 0.6 is 11.6 Å². The topological polar surface area (TPSA) is 80.7 Å². The highest BCUT2D eigenvalue weighted by molar-refractivity contribution is 6.33. The Hall–Kier alpha value is -3.30. The van der Waals surface area contributed by atoms with Crippen molar-refractivity contribution in [3.63, 3.8) is 0 Å². The normalized spacial score (nSPS) is 16.3. The zero-order valence-corrected chi connectivity index (χ0v) is 18.5. The number of nitrogens with zero attached hydrogens (tertiary/aromatic N) is 1. The molecule has 2 aromatic carbocycles. The molecular weight excluding hydrogens is 473 g/mol. The van der Waals surface area contributed by atoms with Crippen molar-refractivity contribution in [1.82, 2.24) is 10.3 Å². The summed E-state index contributed by atoms with van der Waals surface area (Å²) in [4.78, 5) is 13.1. The van der Waals surface area contributed by atoms with E-state index in [2.05, 4.69) is 46.7 Å². The summed E-state index contributed by atoms with van der Waals surface area (Å²) in [5.74, 6) is -1.04. The first-order valence-electron chi connectivity index (χ1n) is 10.4. The lowest BCUT2D eigenvalue weighted by atomic mass is 9.89. The molecule has 1 atom stereocenters. The molecule has 0 saturated heterocycles. The molecule has 34 heavy (non-hydrogen) atoms. The van der Waals surface area contributed by atoms with Crippen LogP contribution in [0.15, 0.2) is 54.9 Å². The Morgan fingerprint density at radius 3 is 2.47 bits per heavy atom.